The number of aromatic nitrogens is 2. The van der Waals surface area contributed by atoms with Gasteiger partial charge in [0.2, 0.25) is 11.8 Å². The summed E-state index contributed by atoms with van der Waals surface area (Å²) in [7, 11) is 0. The number of nitrogens with zero attached hydrogens (tertiary/aromatic N) is 4. The number of piperidine rings is 2. The maximum Gasteiger partial charge on any atom is 0.433 e. The number of rotatable bonds is 11. The van der Waals surface area contributed by atoms with Crippen LogP contribution in [0, 0.1) is 11.8 Å². The Bertz CT molecular complexity index is 2390. The third kappa shape index (κ3) is 8.48. The quantitative estimate of drug-likeness (QED) is 0.120. The van der Waals surface area contributed by atoms with Crippen molar-refractivity contribution in [3.05, 3.63) is 81.6 Å². The van der Waals surface area contributed by atoms with Crippen molar-refractivity contribution in [1.82, 2.24) is 25.1 Å². The van der Waals surface area contributed by atoms with Gasteiger partial charge in [-0.25, -0.2) is 14.8 Å². The van der Waals surface area contributed by atoms with Crippen LogP contribution in [0.4, 0.5) is 24.5 Å². The number of alkyl halides is 3. The zero-order valence-electron chi connectivity index (χ0n) is 32.3. The van der Waals surface area contributed by atoms with E-state index >= 15 is 0 Å². The second-order valence-electron chi connectivity index (χ2n) is 15.9. The number of likely N-dealkylation sites (tertiary alicyclic amines) is 1. The summed E-state index contributed by atoms with van der Waals surface area (Å²) >= 11 is 1.43. The Morgan fingerprint density at radius 1 is 0.883 bits per heavy atom. The van der Waals surface area contributed by atoms with Crippen LogP contribution >= 0.6 is 11.3 Å². The average Bonchev–Trinajstić information content (AvgIpc) is 3.75. The Morgan fingerprint density at radius 3 is 2.35 bits per heavy atom. The van der Waals surface area contributed by atoms with Crippen LogP contribution in [0.5, 0.6) is 0 Å². The molecule has 0 bridgehead atoms. The molecule has 4 aromatic rings. The smallest absolute Gasteiger partial charge is 0.433 e. The second kappa shape index (κ2) is 16.7. The number of imide groups is 2. The lowest BCUT2D eigenvalue weighted by Crippen LogP contribution is -2.54. The summed E-state index contributed by atoms with van der Waals surface area (Å²) in [5.74, 6) is -3.13. The molecule has 4 N–H and O–H groups in total. The fourth-order valence-corrected chi connectivity index (χ4v) is 10.00. The van der Waals surface area contributed by atoms with Gasteiger partial charge in [0.15, 0.2) is 0 Å². The van der Waals surface area contributed by atoms with E-state index in [-0.39, 0.29) is 41.1 Å². The van der Waals surface area contributed by atoms with Crippen molar-refractivity contribution in [2.24, 2.45) is 11.8 Å². The summed E-state index contributed by atoms with van der Waals surface area (Å²) in [4.78, 5) is 87.4. The van der Waals surface area contributed by atoms with E-state index in [1.165, 1.54) is 23.5 Å². The van der Waals surface area contributed by atoms with Crippen molar-refractivity contribution < 1.29 is 47.0 Å². The largest absolute Gasteiger partial charge is 0.478 e. The van der Waals surface area contributed by atoms with Gasteiger partial charge in [-0.3, -0.25) is 34.2 Å². The van der Waals surface area contributed by atoms with Gasteiger partial charge in [-0.05, 0) is 113 Å². The number of carbonyl (C=O) groups is 6. The number of nitrogens with one attached hydrogen (secondary N) is 3. The molecular formula is C42H42F3N7O7S. The molecule has 2 aromatic carbocycles. The van der Waals surface area contributed by atoms with Gasteiger partial charge in [0.1, 0.15) is 17.4 Å². The lowest BCUT2D eigenvalue weighted by atomic mass is 9.81. The summed E-state index contributed by atoms with van der Waals surface area (Å²) in [6.45, 7) is 3.62. The van der Waals surface area contributed by atoms with Gasteiger partial charge in [0.25, 0.3) is 17.7 Å². The van der Waals surface area contributed by atoms with Gasteiger partial charge in [-0.1, -0.05) is 12.1 Å². The van der Waals surface area contributed by atoms with Crippen LogP contribution in [-0.2, 0) is 15.8 Å². The number of benzene rings is 2. The molecule has 1 unspecified atom stereocenters. The van der Waals surface area contributed by atoms with Crippen molar-refractivity contribution in [1.29, 1.82) is 0 Å². The lowest BCUT2D eigenvalue weighted by molar-refractivity contribution is -0.141. The highest BCUT2D eigenvalue weighted by Crippen LogP contribution is 2.41. The van der Waals surface area contributed by atoms with Crippen LogP contribution < -0.4 is 16.0 Å². The van der Waals surface area contributed by atoms with Crippen LogP contribution in [0.2, 0.25) is 0 Å². The number of pyridine rings is 1. The van der Waals surface area contributed by atoms with E-state index in [0.717, 1.165) is 92.7 Å². The number of hydrogen-bond acceptors (Lipinski definition) is 11. The summed E-state index contributed by atoms with van der Waals surface area (Å²) in [6.07, 6.45) is 2.35. The van der Waals surface area contributed by atoms with Crippen LogP contribution in [0.1, 0.15) is 116 Å². The molecule has 0 radical (unpaired) electrons. The summed E-state index contributed by atoms with van der Waals surface area (Å²) in [5, 5.41) is 18.8. The fraction of sp³-hybridized carbons (Fsp3) is 0.429. The number of halogens is 3. The molecule has 1 saturated carbocycles. The molecule has 2 aromatic heterocycles. The normalized spacial score (nSPS) is 21.6. The Balaban J connectivity index is 0.803. The topological polar surface area (TPSA) is 191 Å². The number of fused-ring (bicyclic) bond motifs is 2. The van der Waals surface area contributed by atoms with Crippen molar-refractivity contribution >= 4 is 68.4 Å². The number of carboxylic acids is 1. The molecule has 14 nitrogen and oxygen atoms in total. The van der Waals surface area contributed by atoms with Crippen LogP contribution in [-0.4, -0.2) is 92.6 Å². The Morgan fingerprint density at radius 2 is 1.63 bits per heavy atom. The highest BCUT2D eigenvalue weighted by molar-refractivity contribution is 7.18. The van der Waals surface area contributed by atoms with Gasteiger partial charge >= 0.3 is 12.1 Å². The first-order chi connectivity index (χ1) is 28.7. The summed E-state index contributed by atoms with van der Waals surface area (Å²) in [6, 6.07) is 9.90. The molecule has 3 fully saturated rings. The minimum Gasteiger partial charge on any atom is -0.478 e. The van der Waals surface area contributed by atoms with E-state index in [1.54, 1.807) is 18.2 Å². The molecule has 0 spiro atoms. The number of carboxylic acid groups (broad SMARTS) is 1. The monoisotopic (exact) mass is 845 g/mol. The average molecular weight is 846 g/mol. The van der Waals surface area contributed by atoms with Gasteiger partial charge in [0, 0.05) is 31.1 Å². The predicted octanol–water partition coefficient (Wildman–Crippen LogP) is 6.55. The zero-order valence-corrected chi connectivity index (χ0v) is 33.2. The number of aromatic carboxylic acids is 1. The fourth-order valence-electron chi connectivity index (χ4n) is 8.84. The second-order valence-corrected chi connectivity index (χ2v) is 17.0. The van der Waals surface area contributed by atoms with Gasteiger partial charge in [-0.2, -0.15) is 13.2 Å². The number of thiazole rings is 1. The number of hydrogen-bond donors (Lipinski definition) is 4. The molecule has 60 heavy (non-hydrogen) atoms. The van der Waals surface area contributed by atoms with Crippen molar-refractivity contribution in [2.45, 2.75) is 75.9 Å². The van der Waals surface area contributed by atoms with Crippen molar-refractivity contribution in [3.63, 3.8) is 0 Å². The van der Waals surface area contributed by atoms with Crippen LogP contribution in [0.15, 0.2) is 48.5 Å². The standard InChI is InChI=1S/C42H42F3N7O7S/c43-42(44,45)33-6-2-5-28(47-33)36(54)48-29-20-32-30(19-26(29)41(58)59)49-38(60-32)24-9-7-23(8-10-24)21-51-17-14-22(15-18-51)13-16-46-27-4-1-3-25-35(27)40(57)52(39(25)56)31-11-12-34(53)50-37(31)55/h1-6,19-20,22-24,31,46H,7-18,21H2,(H,48,54)(H,58,59)(H,50,53,55)/t23-,24-,31?. The van der Waals surface area contributed by atoms with Gasteiger partial charge in [0.05, 0.1) is 37.6 Å². The molecular weight excluding hydrogens is 804 g/mol. The van der Waals surface area contributed by atoms with Gasteiger partial charge < -0.3 is 20.6 Å². The SMILES string of the molecule is O=C1CCC(N2C(=O)c3cccc(NCCC4CCN(C[C@H]5CC[C@H](c6nc7cc(C(=O)O)c(NC(=O)c8cccc(C(F)(F)F)n8)cc7s6)CC5)CC4)c3C2=O)C(=O)N1. The minimum absolute atomic E-state index is 0.0493. The maximum absolute atomic E-state index is 13.4. The number of carbonyl (C=O) groups excluding carboxylic acids is 5. The van der Waals surface area contributed by atoms with Crippen LogP contribution in [0.25, 0.3) is 10.2 Å². The van der Waals surface area contributed by atoms with Gasteiger partial charge in [-0.15, -0.1) is 11.3 Å². The van der Waals surface area contributed by atoms with Crippen molar-refractivity contribution in [3.8, 4) is 0 Å². The molecule has 3 aliphatic heterocycles. The van der Waals surface area contributed by atoms with Crippen molar-refractivity contribution in [2.75, 3.05) is 36.8 Å². The molecule has 5 amide bonds. The van der Waals surface area contributed by atoms with E-state index in [2.05, 4.69) is 25.8 Å². The number of amides is 5. The van der Waals surface area contributed by atoms with E-state index < -0.39 is 59.1 Å². The minimum atomic E-state index is -4.74. The first-order valence-electron chi connectivity index (χ1n) is 20.1. The third-order valence-electron chi connectivity index (χ3n) is 12.1. The number of anilines is 2. The zero-order chi connectivity index (χ0) is 42.3. The Kier molecular flexibility index (Phi) is 11.4. The molecule has 314 valence electrons. The highest BCUT2D eigenvalue weighted by Gasteiger charge is 2.45. The van der Waals surface area contributed by atoms with E-state index in [9.17, 15) is 47.0 Å². The lowest BCUT2D eigenvalue weighted by Gasteiger charge is -2.36. The molecule has 4 aliphatic rings. The molecule has 1 atom stereocenters. The summed E-state index contributed by atoms with van der Waals surface area (Å²) in [5.41, 5.74) is -0.431. The third-order valence-corrected chi connectivity index (χ3v) is 13.2. The molecule has 5 heterocycles. The summed E-state index contributed by atoms with van der Waals surface area (Å²) < 4.78 is 40.2. The van der Waals surface area contributed by atoms with E-state index in [4.69, 9.17) is 4.98 Å². The first-order valence-corrected chi connectivity index (χ1v) is 20.9. The Labute approximate surface area is 345 Å². The molecule has 1 aliphatic carbocycles. The van der Waals surface area contributed by atoms with E-state index in [0.29, 0.717) is 34.3 Å². The van der Waals surface area contributed by atoms with E-state index in [1.807, 2.05) is 0 Å². The molecule has 18 heteroatoms. The predicted molar refractivity (Wildman–Crippen MR) is 214 cm³/mol. The Hall–Kier alpha value is -5.75. The molecule has 8 rings (SSSR count). The highest BCUT2D eigenvalue weighted by atomic mass is 32.1. The maximum atomic E-state index is 13.4. The van der Waals surface area contributed by atoms with Crippen LogP contribution in [0.3, 0.4) is 0 Å². The first kappa shape index (κ1) is 41.0. The molecule has 2 saturated heterocycles.